The number of carbonyl (C=O) groups is 1. The van der Waals surface area contributed by atoms with Crippen LogP contribution in [-0.4, -0.2) is 22.2 Å². The Hall–Kier alpha value is -2.57. The van der Waals surface area contributed by atoms with Crippen LogP contribution in [0.2, 0.25) is 0 Å². The third-order valence-corrected chi connectivity index (χ3v) is 2.69. The second kappa shape index (κ2) is 6.05. The topological polar surface area (TPSA) is 59.4 Å². The van der Waals surface area contributed by atoms with Crippen LogP contribution in [0.5, 0.6) is 5.75 Å². The lowest BCUT2D eigenvalue weighted by molar-refractivity contribution is 0.0690. The number of halogens is 3. The molecule has 1 N–H and O–H groups in total. The number of pyridine rings is 1. The van der Waals surface area contributed by atoms with Crippen molar-refractivity contribution >= 4 is 5.97 Å². The Morgan fingerprint density at radius 2 is 1.73 bits per heavy atom. The van der Waals surface area contributed by atoms with E-state index in [0.29, 0.717) is 0 Å². The summed E-state index contributed by atoms with van der Waals surface area (Å²) in [6.07, 6.45) is -0.296. The van der Waals surface area contributed by atoms with Gasteiger partial charge in [-0.25, -0.2) is 22.9 Å². The van der Waals surface area contributed by atoms with Gasteiger partial charge in [-0.05, 0) is 26.0 Å². The summed E-state index contributed by atoms with van der Waals surface area (Å²) in [6, 6.07) is 3.50. The molecule has 1 aromatic carbocycles. The first-order valence-electron chi connectivity index (χ1n) is 6.35. The first-order valence-corrected chi connectivity index (χ1v) is 6.35. The molecule has 2 aromatic rings. The maximum absolute atomic E-state index is 14.1. The lowest BCUT2D eigenvalue weighted by Crippen LogP contribution is -2.08. The normalized spacial score (nSPS) is 10.8. The molecule has 0 saturated heterocycles. The molecular formula is C15H12F3NO3. The molecule has 0 bridgehead atoms. The Morgan fingerprint density at radius 1 is 1.14 bits per heavy atom. The Balaban J connectivity index is 2.58. The van der Waals surface area contributed by atoms with Gasteiger partial charge in [0, 0.05) is 12.1 Å². The molecule has 0 atom stereocenters. The van der Waals surface area contributed by atoms with Gasteiger partial charge in [-0.2, -0.15) is 0 Å². The summed E-state index contributed by atoms with van der Waals surface area (Å²) in [5, 5.41) is 8.84. The minimum absolute atomic E-state index is 0.0523. The predicted octanol–water partition coefficient (Wildman–Crippen LogP) is 3.65. The van der Waals surface area contributed by atoms with Gasteiger partial charge in [-0.15, -0.1) is 0 Å². The van der Waals surface area contributed by atoms with Crippen molar-refractivity contribution in [2.75, 3.05) is 0 Å². The van der Waals surface area contributed by atoms with Crippen LogP contribution in [0.3, 0.4) is 0 Å². The molecule has 7 heteroatoms. The summed E-state index contributed by atoms with van der Waals surface area (Å²) in [7, 11) is 0. The molecule has 0 aliphatic carbocycles. The molecule has 0 spiro atoms. The van der Waals surface area contributed by atoms with Gasteiger partial charge >= 0.3 is 5.97 Å². The van der Waals surface area contributed by atoms with E-state index < -0.39 is 40.4 Å². The quantitative estimate of drug-likeness (QED) is 0.936. The highest BCUT2D eigenvalue weighted by atomic mass is 19.1. The van der Waals surface area contributed by atoms with Gasteiger partial charge in [0.15, 0.2) is 0 Å². The Bertz CT molecular complexity index is 709. The van der Waals surface area contributed by atoms with E-state index in [4.69, 9.17) is 9.84 Å². The average Bonchev–Trinajstić information content (AvgIpc) is 2.38. The second-order valence-corrected chi connectivity index (χ2v) is 4.76. The number of aromatic carboxylic acids is 1. The number of benzene rings is 1. The highest BCUT2D eigenvalue weighted by molar-refractivity contribution is 5.86. The number of rotatable bonds is 4. The summed E-state index contributed by atoms with van der Waals surface area (Å²) in [6.45, 7) is 3.36. The number of carboxylic acids is 1. The van der Waals surface area contributed by atoms with Gasteiger partial charge in [0.25, 0.3) is 0 Å². The van der Waals surface area contributed by atoms with Crippen LogP contribution in [0.25, 0.3) is 11.3 Å². The fourth-order valence-corrected chi connectivity index (χ4v) is 1.85. The lowest BCUT2D eigenvalue weighted by Gasteiger charge is -2.12. The highest BCUT2D eigenvalue weighted by Gasteiger charge is 2.21. The third kappa shape index (κ3) is 3.19. The fourth-order valence-electron chi connectivity index (χ4n) is 1.85. The molecule has 2 rings (SSSR count). The molecule has 0 radical (unpaired) electrons. The maximum atomic E-state index is 14.1. The summed E-state index contributed by atoms with van der Waals surface area (Å²) >= 11 is 0. The van der Waals surface area contributed by atoms with Crippen LogP contribution >= 0.6 is 0 Å². The van der Waals surface area contributed by atoms with E-state index in [-0.39, 0.29) is 11.9 Å². The van der Waals surface area contributed by atoms with Crippen LogP contribution in [0.15, 0.2) is 24.3 Å². The molecule has 0 fully saturated rings. The van der Waals surface area contributed by atoms with Gasteiger partial charge in [-0.1, -0.05) is 0 Å². The van der Waals surface area contributed by atoms with Crippen molar-refractivity contribution in [3.63, 3.8) is 0 Å². The predicted molar refractivity (Wildman–Crippen MR) is 72.3 cm³/mol. The average molecular weight is 311 g/mol. The number of hydrogen-bond donors (Lipinski definition) is 1. The van der Waals surface area contributed by atoms with Crippen molar-refractivity contribution in [2.45, 2.75) is 20.0 Å². The molecular weight excluding hydrogens is 299 g/mol. The van der Waals surface area contributed by atoms with Crippen molar-refractivity contribution in [1.29, 1.82) is 0 Å². The van der Waals surface area contributed by atoms with Gasteiger partial charge in [0.1, 0.15) is 34.6 Å². The smallest absolute Gasteiger partial charge is 0.354 e. The number of aromatic nitrogens is 1. The van der Waals surface area contributed by atoms with Crippen LogP contribution in [0.4, 0.5) is 13.2 Å². The van der Waals surface area contributed by atoms with E-state index in [0.717, 1.165) is 24.3 Å². The third-order valence-electron chi connectivity index (χ3n) is 2.69. The van der Waals surface area contributed by atoms with Crippen LogP contribution < -0.4 is 4.74 Å². The van der Waals surface area contributed by atoms with Gasteiger partial charge in [0.05, 0.1) is 11.7 Å². The number of carboxylic acid groups (broad SMARTS) is 1. The molecule has 116 valence electrons. The van der Waals surface area contributed by atoms with E-state index in [1.807, 2.05) is 0 Å². The van der Waals surface area contributed by atoms with E-state index in [2.05, 4.69) is 4.98 Å². The van der Waals surface area contributed by atoms with Crippen molar-refractivity contribution in [3.8, 4) is 17.0 Å². The Labute approximate surface area is 124 Å². The standard InChI is InChI=1S/C15H12F3NO3/c1-7(2)22-8-5-10(17)13(11(18)6-8)14-9(16)3-4-12(19-14)15(20)21/h3-7H,1-2H3,(H,20,21). The first-order chi connectivity index (χ1) is 10.3. The van der Waals surface area contributed by atoms with Crippen molar-refractivity contribution in [1.82, 2.24) is 4.98 Å². The molecule has 0 unspecified atom stereocenters. The van der Waals surface area contributed by atoms with E-state index >= 15 is 0 Å². The molecule has 0 saturated carbocycles. The fraction of sp³-hybridized carbons (Fsp3) is 0.200. The zero-order valence-corrected chi connectivity index (χ0v) is 11.7. The van der Waals surface area contributed by atoms with Crippen LogP contribution in [0, 0.1) is 17.5 Å². The van der Waals surface area contributed by atoms with E-state index in [1.165, 1.54) is 0 Å². The number of nitrogens with zero attached hydrogens (tertiary/aromatic N) is 1. The van der Waals surface area contributed by atoms with Crippen molar-refractivity contribution < 1.29 is 27.8 Å². The lowest BCUT2D eigenvalue weighted by atomic mass is 10.1. The maximum Gasteiger partial charge on any atom is 0.354 e. The molecule has 0 aliphatic heterocycles. The van der Waals surface area contributed by atoms with Gasteiger partial charge in [0.2, 0.25) is 0 Å². The number of hydrogen-bond acceptors (Lipinski definition) is 3. The van der Waals surface area contributed by atoms with Crippen LogP contribution in [-0.2, 0) is 0 Å². The van der Waals surface area contributed by atoms with Crippen molar-refractivity contribution in [3.05, 3.63) is 47.4 Å². The number of ether oxygens (including phenoxy) is 1. The molecule has 0 amide bonds. The zero-order valence-electron chi connectivity index (χ0n) is 11.7. The highest BCUT2D eigenvalue weighted by Crippen LogP contribution is 2.30. The largest absolute Gasteiger partial charge is 0.491 e. The SMILES string of the molecule is CC(C)Oc1cc(F)c(-c2nc(C(=O)O)ccc2F)c(F)c1. The monoisotopic (exact) mass is 311 g/mol. The van der Waals surface area contributed by atoms with Crippen molar-refractivity contribution in [2.24, 2.45) is 0 Å². The second-order valence-electron chi connectivity index (χ2n) is 4.76. The molecule has 1 heterocycles. The molecule has 4 nitrogen and oxygen atoms in total. The van der Waals surface area contributed by atoms with E-state index in [9.17, 15) is 18.0 Å². The minimum atomic E-state index is -1.43. The minimum Gasteiger partial charge on any atom is -0.491 e. The Morgan fingerprint density at radius 3 is 2.23 bits per heavy atom. The summed E-state index contributed by atoms with van der Waals surface area (Å²) in [5.74, 6) is -4.69. The first kappa shape index (κ1) is 15.8. The summed E-state index contributed by atoms with van der Waals surface area (Å²) in [5.41, 5.74) is -1.96. The van der Waals surface area contributed by atoms with E-state index in [1.54, 1.807) is 13.8 Å². The zero-order chi connectivity index (χ0) is 16.4. The van der Waals surface area contributed by atoms with Gasteiger partial charge < -0.3 is 9.84 Å². The molecule has 22 heavy (non-hydrogen) atoms. The molecule has 1 aromatic heterocycles. The van der Waals surface area contributed by atoms with Gasteiger partial charge in [-0.3, -0.25) is 0 Å². The summed E-state index contributed by atoms with van der Waals surface area (Å²) in [4.78, 5) is 14.3. The van der Waals surface area contributed by atoms with Crippen LogP contribution in [0.1, 0.15) is 24.3 Å². The molecule has 0 aliphatic rings. The summed E-state index contributed by atoms with van der Waals surface area (Å²) < 4.78 is 47.1. The Kier molecular flexibility index (Phi) is 4.35.